The van der Waals surface area contributed by atoms with Gasteiger partial charge < -0.3 is 9.84 Å². The van der Waals surface area contributed by atoms with E-state index in [0.717, 1.165) is 6.42 Å². The summed E-state index contributed by atoms with van der Waals surface area (Å²) in [5.74, 6) is -0.273. The van der Waals surface area contributed by atoms with E-state index in [4.69, 9.17) is 9.84 Å². The normalized spacial score (nSPS) is 33.6. The molecule has 3 heteroatoms. The molecule has 0 aromatic heterocycles. The van der Waals surface area contributed by atoms with Gasteiger partial charge in [0.05, 0.1) is 12.5 Å². The molecule has 1 N–H and O–H groups in total. The fourth-order valence-corrected chi connectivity index (χ4v) is 1.11. The summed E-state index contributed by atoms with van der Waals surface area (Å²) in [6.07, 6.45) is 1.02. The zero-order valence-electron chi connectivity index (χ0n) is 6.04. The van der Waals surface area contributed by atoms with Gasteiger partial charge in [-0.3, -0.25) is 4.79 Å². The van der Waals surface area contributed by atoms with E-state index in [1.165, 1.54) is 0 Å². The Hall–Kier alpha value is -0.570. The Labute approximate surface area is 60.0 Å². The van der Waals surface area contributed by atoms with Gasteiger partial charge in [-0.2, -0.15) is 0 Å². The van der Waals surface area contributed by atoms with Crippen molar-refractivity contribution in [2.45, 2.75) is 38.4 Å². The predicted molar refractivity (Wildman–Crippen MR) is 35.4 cm³/mol. The zero-order valence-corrected chi connectivity index (χ0v) is 6.04. The van der Waals surface area contributed by atoms with E-state index in [1.807, 2.05) is 6.92 Å². The van der Waals surface area contributed by atoms with Gasteiger partial charge in [-0.25, -0.2) is 0 Å². The van der Waals surface area contributed by atoms with E-state index in [2.05, 4.69) is 0 Å². The van der Waals surface area contributed by atoms with Gasteiger partial charge in [-0.15, -0.1) is 0 Å². The molecule has 1 fully saturated rings. The summed E-state index contributed by atoms with van der Waals surface area (Å²) >= 11 is 0. The Morgan fingerprint density at radius 3 is 3.00 bits per heavy atom. The highest BCUT2D eigenvalue weighted by molar-refractivity contribution is 5.70. The first kappa shape index (κ1) is 7.54. The Balaban J connectivity index is 2.42. The first-order valence-corrected chi connectivity index (χ1v) is 3.60. The van der Waals surface area contributed by atoms with Gasteiger partial charge in [-0.05, 0) is 6.42 Å². The first-order valence-electron chi connectivity index (χ1n) is 3.60. The number of ether oxygens (including phenoxy) is 1. The molecule has 1 rings (SSSR count). The van der Waals surface area contributed by atoms with Crippen molar-refractivity contribution < 1.29 is 14.6 Å². The van der Waals surface area contributed by atoms with Gasteiger partial charge in [0.15, 0.2) is 0 Å². The third-order valence-corrected chi connectivity index (χ3v) is 1.69. The van der Waals surface area contributed by atoms with Crippen molar-refractivity contribution in [3.8, 4) is 0 Å². The second-order valence-corrected chi connectivity index (χ2v) is 2.61. The van der Waals surface area contributed by atoms with E-state index in [9.17, 15) is 4.79 Å². The summed E-state index contributed by atoms with van der Waals surface area (Å²) < 4.78 is 4.91. The molecular weight excluding hydrogens is 132 g/mol. The smallest absolute Gasteiger partial charge is 0.308 e. The van der Waals surface area contributed by atoms with E-state index in [1.54, 1.807) is 0 Å². The van der Waals surface area contributed by atoms with Crippen LogP contribution in [0.25, 0.3) is 0 Å². The van der Waals surface area contributed by atoms with Crippen molar-refractivity contribution in [1.82, 2.24) is 0 Å². The Kier molecular flexibility index (Phi) is 2.27. The Morgan fingerprint density at radius 1 is 1.80 bits per heavy atom. The predicted octanol–water partition coefficient (Wildman–Crippen LogP) is 0.463. The minimum atomic E-state index is -0.480. The SMILES string of the molecule is CC[C@H]1C[C@H](O)CC(=O)O1. The van der Waals surface area contributed by atoms with Crippen LogP contribution in [0.4, 0.5) is 0 Å². The molecule has 0 radical (unpaired) electrons. The number of aliphatic hydroxyl groups excluding tert-OH is 1. The average molecular weight is 144 g/mol. The summed E-state index contributed by atoms with van der Waals surface area (Å²) in [6, 6.07) is 0. The summed E-state index contributed by atoms with van der Waals surface area (Å²) in [4.78, 5) is 10.7. The van der Waals surface area contributed by atoms with Gasteiger partial charge in [0, 0.05) is 6.42 Å². The quantitative estimate of drug-likeness (QED) is 0.544. The van der Waals surface area contributed by atoms with Crippen molar-refractivity contribution >= 4 is 5.97 Å². The molecule has 1 saturated heterocycles. The maximum Gasteiger partial charge on any atom is 0.308 e. The topological polar surface area (TPSA) is 46.5 Å². The number of hydrogen-bond acceptors (Lipinski definition) is 3. The van der Waals surface area contributed by atoms with Crippen LogP contribution >= 0.6 is 0 Å². The van der Waals surface area contributed by atoms with Gasteiger partial charge in [0.2, 0.25) is 0 Å². The largest absolute Gasteiger partial charge is 0.462 e. The molecule has 1 heterocycles. The Morgan fingerprint density at radius 2 is 2.50 bits per heavy atom. The van der Waals surface area contributed by atoms with E-state index in [0.29, 0.717) is 6.42 Å². The third kappa shape index (κ3) is 1.70. The zero-order chi connectivity index (χ0) is 7.56. The van der Waals surface area contributed by atoms with Crippen molar-refractivity contribution in [2.75, 3.05) is 0 Å². The van der Waals surface area contributed by atoms with Crippen LogP contribution in [-0.4, -0.2) is 23.3 Å². The third-order valence-electron chi connectivity index (χ3n) is 1.69. The molecule has 0 spiro atoms. The van der Waals surface area contributed by atoms with Crippen LogP contribution in [-0.2, 0) is 9.53 Å². The van der Waals surface area contributed by atoms with Crippen molar-refractivity contribution in [1.29, 1.82) is 0 Å². The summed E-state index contributed by atoms with van der Waals surface area (Å²) in [7, 11) is 0. The standard InChI is InChI=1S/C7H12O3/c1-2-6-3-5(8)4-7(9)10-6/h5-6,8H,2-4H2,1H3/t5-,6-/m0/s1. The number of carbonyl (C=O) groups is 1. The number of rotatable bonds is 1. The minimum absolute atomic E-state index is 0.0590. The van der Waals surface area contributed by atoms with Crippen molar-refractivity contribution in [2.24, 2.45) is 0 Å². The molecule has 0 aliphatic carbocycles. The molecule has 10 heavy (non-hydrogen) atoms. The highest BCUT2D eigenvalue weighted by Gasteiger charge is 2.25. The number of hydrogen-bond donors (Lipinski definition) is 1. The highest BCUT2D eigenvalue weighted by atomic mass is 16.5. The molecule has 1 aliphatic heterocycles. The van der Waals surface area contributed by atoms with Crippen LogP contribution in [0, 0.1) is 0 Å². The van der Waals surface area contributed by atoms with Gasteiger partial charge in [-0.1, -0.05) is 6.92 Å². The lowest BCUT2D eigenvalue weighted by Gasteiger charge is -2.24. The van der Waals surface area contributed by atoms with Gasteiger partial charge in [0.1, 0.15) is 6.10 Å². The molecule has 0 unspecified atom stereocenters. The van der Waals surface area contributed by atoms with E-state index < -0.39 is 6.10 Å². The lowest BCUT2D eigenvalue weighted by molar-refractivity contribution is -0.160. The highest BCUT2D eigenvalue weighted by Crippen LogP contribution is 2.16. The average Bonchev–Trinajstić information content (AvgIpc) is 1.85. The Bertz CT molecular complexity index is 133. The summed E-state index contributed by atoms with van der Waals surface area (Å²) in [5.41, 5.74) is 0. The molecule has 3 nitrogen and oxygen atoms in total. The minimum Gasteiger partial charge on any atom is -0.462 e. The van der Waals surface area contributed by atoms with E-state index in [-0.39, 0.29) is 18.5 Å². The maximum absolute atomic E-state index is 10.7. The second-order valence-electron chi connectivity index (χ2n) is 2.61. The molecule has 0 saturated carbocycles. The van der Waals surface area contributed by atoms with Crippen LogP contribution < -0.4 is 0 Å². The fourth-order valence-electron chi connectivity index (χ4n) is 1.11. The molecule has 0 aromatic carbocycles. The van der Waals surface area contributed by atoms with E-state index >= 15 is 0 Å². The fraction of sp³-hybridized carbons (Fsp3) is 0.857. The summed E-state index contributed by atoms with van der Waals surface area (Å²) in [5, 5.41) is 9.08. The lowest BCUT2D eigenvalue weighted by atomic mass is 10.0. The molecule has 0 amide bonds. The molecular formula is C7H12O3. The molecule has 2 atom stereocenters. The molecule has 1 aliphatic rings. The van der Waals surface area contributed by atoms with Gasteiger partial charge >= 0.3 is 5.97 Å². The first-order chi connectivity index (χ1) is 4.72. The molecule has 0 aromatic rings. The number of cyclic esters (lactones) is 1. The van der Waals surface area contributed by atoms with Crippen LogP contribution in [0.2, 0.25) is 0 Å². The number of esters is 1. The number of aliphatic hydroxyl groups is 1. The van der Waals surface area contributed by atoms with Crippen LogP contribution in [0.15, 0.2) is 0 Å². The molecule has 58 valence electrons. The molecule has 0 bridgehead atoms. The lowest BCUT2D eigenvalue weighted by Crippen LogP contribution is -2.31. The summed E-state index contributed by atoms with van der Waals surface area (Å²) in [6.45, 7) is 1.94. The maximum atomic E-state index is 10.7. The van der Waals surface area contributed by atoms with Crippen molar-refractivity contribution in [3.63, 3.8) is 0 Å². The van der Waals surface area contributed by atoms with Crippen LogP contribution in [0.3, 0.4) is 0 Å². The van der Waals surface area contributed by atoms with Crippen LogP contribution in [0.1, 0.15) is 26.2 Å². The van der Waals surface area contributed by atoms with Gasteiger partial charge in [0.25, 0.3) is 0 Å². The number of carbonyl (C=O) groups excluding carboxylic acids is 1. The monoisotopic (exact) mass is 144 g/mol. The second kappa shape index (κ2) is 3.01. The van der Waals surface area contributed by atoms with Crippen molar-refractivity contribution in [3.05, 3.63) is 0 Å². The van der Waals surface area contributed by atoms with Crippen LogP contribution in [0.5, 0.6) is 0 Å².